The Hall–Kier alpha value is -1.45. The molecule has 1 aromatic heterocycles. The van der Waals surface area contributed by atoms with Gasteiger partial charge in [-0.3, -0.25) is 0 Å². The van der Waals surface area contributed by atoms with Gasteiger partial charge < -0.3 is 9.72 Å². The maximum absolute atomic E-state index is 11.5. The molecule has 0 spiro atoms. The first-order valence-electron chi connectivity index (χ1n) is 6.38. The van der Waals surface area contributed by atoms with Crippen LogP contribution in [-0.2, 0) is 17.6 Å². The first-order chi connectivity index (χ1) is 9.58. The number of benzene rings is 1. The summed E-state index contributed by atoms with van der Waals surface area (Å²) in [5.74, 6) is -0.329. The molecule has 3 nitrogen and oxygen atoms in total. The van der Waals surface area contributed by atoms with Gasteiger partial charge in [0.25, 0.3) is 0 Å². The van der Waals surface area contributed by atoms with E-state index < -0.39 is 0 Å². The summed E-state index contributed by atoms with van der Waals surface area (Å²) in [6.07, 6.45) is 3.42. The quantitative estimate of drug-likeness (QED) is 0.837. The van der Waals surface area contributed by atoms with Gasteiger partial charge in [0.2, 0.25) is 0 Å². The maximum Gasteiger partial charge on any atom is 0.354 e. The number of hydrogen-bond donors (Lipinski definition) is 1. The van der Waals surface area contributed by atoms with E-state index in [1.807, 2.05) is 24.4 Å². The van der Waals surface area contributed by atoms with Gasteiger partial charge in [-0.25, -0.2) is 4.79 Å². The molecule has 0 fully saturated rings. The Morgan fingerprint density at radius 2 is 1.75 bits per heavy atom. The van der Waals surface area contributed by atoms with Gasteiger partial charge in [0.1, 0.15) is 5.69 Å². The molecule has 0 bridgehead atoms. The summed E-state index contributed by atoms with van der Waals surface area (Å²) in [6, 6.07) is 7.31. The highest BCUT2D eigenvalue weighted by atomic mass is 35.5. The number of aryl methyl sites for hydroxylation is 2. The lowest BCUT2D eigenvalue weighted by molar-refractivity contribution is 0.0520. The molecule has 1 aromatic carbocycles. The van der Waals surface area contributed by atoms with Crippen molar-refractivity contribution in [1.29, 1.82) is 0 Å². The van der Waals surface area contributed by atoms with Crippen molar-refractivity contribution in [2.24, 2.45) is 0 Å². The van der Waals surface area contributed by atoms with Gasteiger partial charge in [0.05, 0.1) is 6.61 Å². The molecule has 1 N–H and O–H groups in total. The summed E-state index contributed by atoms with van der Waals surface area (Å²) in [5, 5.41) is 1.27. The summed E-state index contributed by atoms with van der Waals surface area (Å²) in [6.45, 7) is 2.15. The van der Waals surface area contributed by atoms with Crippen LogP contribution in [0.1, 0.15) is 28.5 Å². The topological polar surface area (TPSA) is 42.1 Å². The lowest BCUT2D eigenvalue weighted by atomic mass is 10.1. The fourth-order valence-electron chi connectivity index (χ4n) is 1.95. The molecule has 106 valence electrons. The Labute approximate surface area is 127 Å². The third-order valence-corrected chi connectivity index (χ3v) is 3.30. The van der Waals surface area contributed by atoms with Gasteiger partial charge in [0.15, 0.2) is 0 Å². The third-order valence-electron chi connectivity index (χ3n) is 2.86. The van der Waals surface area contributed by atoms with Gasteiger partial charge in [-0.1, -0.05) is 23.2 Å². The Kier molecular flexibility index (Phi) is 5.10. The van der Waals surface area contributed by atoms with Gasteiger partial charge in [-0.2, -0.15) is 0 Å². The fourth-order valence-corrected chi connectivity index (χ4v) is 2.53. The molecule has 0 saturated carbocycles. The highest BCUT2D eigenvalue weighted by Crippen LogP contribution is 2.20. The van der Waals surface area contributed by atoms with Gasteiger partial charge >= 0.3 is 5.97 Å². The number of aromatic nitrogens is 1. The van der Waals surface area contributed by atoms with Crippen LogP contribution >= 0.6 is 23.2 Å². The summed E-state index contributed by atoms with van der Waals surface area (Å²) < 4.78 is 4.93. The van der Waals surface area contributed by atoms with Crippen molar-refractivity contribution < 1.29 is 9.53 Å². The first-order valence-corrected chi connectivity index (χ1v) is 7.13. The molecule has 0 aliphatic heterocycles. The minimum atomic E-state index is -0.329. The zero-order chi connectivity index (χ0) is 14.5. The molecule has 5 heteroatoms. The Balaban J connectivity index is 1.99. The van der Waals surface area contributed by atoms with Crippen molar-refractivity contribution in [3.63, 3.8) is 0 Å². The predicted molar refractivity (Wildman–Crippen MR) is 80.6 cm³/mol. The van der Waals surface area contributed by atoms with Crippen LogP contribution in [0.5, 0.6) is 0 Å². The second-order valence-corrected chi connectivity index (χ2v) is 5.29. The second kappa shape index (κ2) is 6.82. The van der Waals surface area contributed by atoms with E-state index in [9.17, 15) is 4.79 Å². The molecule has 0 aliphatic rings. The van der Waals surface area contributed by atoms with Gasteiger partial charge in [-0.05, 0) is 55.2 Å². The predicted octanol–water partition coefficient (Wildman–Crippen LogP) is 4.28. The van der Waals surface area contributed by atoms with Crippen LogP contribution < -0.4 is 0 Å². The number of hydrogen-bond acceptors (Lipinski definition) is 2. The van der Waals surface area contributed by atoms with Crippen molar-refractivity contribution in [3.05, 3.63) is 57.3 Å². The van der Waals surface area contributed by atoms with E-state index in [-0.39, 0.29) is 5.97 Å². The average molecular weight is 312 g/mol. The van der Waals surface area contributed by atoms with Crippen LogP contribution in [-0.4, -0.2) is 17.6 Å². The number of rotatable bonds is 5. The largest absolute Gasteiger partial charge is 0.461 e. The Morgan fingerprint density at radius 3 is 2.40 bits per heavy atom. The normalized spacial score (nSPS) is 10.6. The smallest absolute Gasteiger partial charge is 0.354 e. The zero-order valence-electron chi connectivity index (χ0n) is 11.1. The van der Waals surface area contributed by atoms with Crippen LogP contribution in [0, 0.1) is 0 Å². The fraction of sp³-hybridized carbons (Fsp3) is 0.267. The summed E-state index contributed by atoms with van der Waals surface area (Å²) in [4.78, 5) is 14.5. The molecule has 0 saturated heterocycles. The Morgan fingerprint density at radius 1 is 1.10 bits per heavy atom. The third kappa shape index (κ3) is 4.02. The van der Waals surface area contributed by atoms with E-state index in [2.05, 4.69) is 4.98 Å². The van der Waals surface area contributed by atoms with Crippen LogP contribution in [0.3, 0.4) is 0 Å². The van der Waals surface area contributed by atoms with E-state index in [4.69, 9.17) is 27.9 Å². The van der Waals surface area contributed by atoms with Crippen LogP contribution in [0.2, 0.25) is 10.0 Å². The standard InChI is InChI=1S/C15H15Cl2NO2/c1-2-20-15(19)14-7-11(9-18-14)4-3-10-5-12(16)8-13(17)6-10/h5-9,18H,2-4H2,1H3. The lowest BCUT2D eigenvalue weighted by Crippen LogP contribution is -2.04. The molecule has 0 atom stereocenters. The van der Waals surface area contributed by atoms with Crippen LogP contribution in [0.4, 0.5) is 0 Å². The van der Waals surface area contributed by atoms with Crippen LogP contribution in [0.25, 0.3) is 0 Å². The molecule has 0 aliphatic carbocycles. The van der Waals surface area contributed by atoms with Gasteiger partial charge in [-0.15, -0.1) is 0 Å². The minimum absolute atomic E-state index is 0.329. The highest BCUT2D eigenvalue weighted by molar-refractivity contribution is 6.34. The van der Waals surface area contributed by atoms with Crippen molar-refractivity contribution in [2.75, 3.05) is 6.61 Å². The number of halogens is 2. The molecule has 0 radical (unpaired) electrons. The SMILES string of the molecule is CCOC(=O)c1cc(CCc2cc(Cl)cc(Cl)c2)c[nH]1. The summed E-state index contributed by atoms with van der Waals surface area (Å²) in [7, 11) is 0. The minimum Gasteiger partial charge on any atom is -0.461 e. The number of aromatic amines is 1. The summed E-state index contributed by atoms with van der Waals surface area (Å²) >= 11 is 11.9. The number of carbonyl (C=O) groups excluding carboxylic acids is 1. The molecular formula is C15H15Cl2NO2. The van der Waals surface area contributed by atoms with Crippen molar-refractivity contribution in [3.8, 4) is 0 Å². The number of esters is 1. The Bertz CT molecular complexity index is 587. The second-order valence-electron chi connectivity index (χ2n) is 4.42. The van der Waals surface area contributed by atoms with Gasteiger partial charge in [0, 0.05) is 16.2 Å². The number of H-pyrrole nitrogens is 1. The monoisotopic (exact) mass is 311 g/mol. The van der Waals surface area contributed by atoms with E-state index in [0.29, 0.717) is 22.3 Å². The van der Waals surface area contributed by atoms with Crippen molar-refractivity contribution in [1.82, 2.24) is 4.98 Å². The maximum atomic E-state index is 11.5. The molecule has 0 amide bonds. The zero-order valence-corrected chi connectivity index (χ0v) is 12.6. The van der Waals surface area contributed by atoms with Crippen molar-refractivity contribution >= 4 is 29.2 Å². The van der Waals surface area contributed by atoms with Crippen molar-refractivity contribution in [2.45, 2.75) is 19.8 Å². The number of ether oxygens (including phenoxy) is 1. The number of carbonyl (C=O) groups is 1. The molecule has 20 heavy (non-hydrogen) atoms. The highest BCUT2D eigenvalue weighted by Gasteiger charge is 2.09. The first kappa shape index (κ1) is 14.9. The van der Waals surface area contributed by atoms with Crippen LogP contribution in [0.15, 0.2) is 30.5 Å². The molecule has 0 unspecified atom stereocenters. The average Bonchev–Trinajstić information content (AvgIpc) is 2.84. The van der Waals surface area contributed by atoms with E-state index in [0.717, 1.165) is 24.0 Å². The summed E-state index contributed by atoms with van der Waals surface area (Å²) in [5.41, 5.74) is 2.59. The van der Waals surface area contributed by atoms with E-state index in [1.165, 1.54) is 0 Å². The molecule has 2 aromatic rings. The molecular weight excluding hydrogens is 297 g/mol. The number of nitrogens with one attached hydrogen (secondary N) is 1. The van der Waals surface area contributed by atoms with E-state index >= 15 is 0 Å². The lowest BCUT2D eigenvalue weighted by Gasteiger charge is -2.02. The molecule has 2 rings (SSSR count). The van der Waals surface area contributed by atoms with E-state index in [1.54, 1.807) is 13.0 Å². The molecule has 1 heterocycles.